The van der Waals surface area contributed by atoms with Crippen LogP contribution in [0.2, 0.25) is 0 Å². The molecule has 2 amide bonds. The largest absolute Gasteiger partial charge is 0.333 e. The van der Waals surface area contributed by atoms with Crippen molar-refractivity contribution in [3.05, 3.63) is 23.8 Å². The number of urea groups is 1. The first kappa shape index (κ1) is 13.7. The van der Waals surface area contributed by atoms with Crippen molar-refractivity contribution in [3.63, 3.8) is 0 Å². The summed E-state index contributed by atoms with van der Waals surface area (Å²) >= 11 is 1.20. The molecule has 0 spiro atoms. The first-order valence-corrected chi connectivity index (χ1v) is 6.83. The van der Waals surface area contributed by atoms with Crippen molar-refractivity contribution in [3.8, 4) is 0 Å². The molecule has 0 saturated heterocycles. The molecule has 0 fully saturated rings. The molecule has 2 rings (SSSR count). The average molecular weight is 278 g/mol. The smallest absolute Gasteiger partial charge is 0.317 e. The number of hydrogen-bond donors (Lipinski definition) is 1. The van der Waals surface area contributed by atoms with Crippen LogP contribution in [0.5, 0.6) is 0 Å². The van der Waals surface area contributed by atoms with Crippen molar-refractivity contribution in [2.75, 3.05) is 7.05 Å². The predicted molar refractivity (Wildman–Crippen MR) is 77.2 cm³/mol. The molecule has 1 aromatic heterocycles. The molecule has 5 nitrogen and oxygen atoms in total. The van der Waals surface area contributed by atoms with Crippen LogP contribution < -0.4 is 5.32 Å². The average Bonchev–Trinajstić information content (AvgIpc) is 2.73. The fourth-order valence-corrected chi connectivity index (χ4v) is 2.21. The second-order valence-corrected chi connectivity index (χ2v) is 6.15. The maximum absolute atomic E-state index is 12.0. The van der Waals surface area contributed by atoms with Gasteiger partial charge in [-0.05, 0) is 38.5 Å². The normalized spacial score (nSPS) is 11.6. The van der Waals surface area contributed by atoms with Crippen LogP contribution in [-0.2, 0) is 6.54 Å². The van der Waals surface area contributed by atoms with Gasteiger partial charge >= 0.3 is 6.03 Å². The van der Waals surface area contributed by atoms with Crippen LogP contribution >= 0.6 is 11.7 Å². The van der Waals surface area contributed by atoms with Crippen molar-refractivity contribution >= 4 is 28.8 Å². The van der Waals surface area contributed by atoms with Gasteiger partial charge in [0.15, 0.2) is 0 Å². The highest BCUT2D eigenvalue weighted by Gasteiger charge is 2.17. The Balaban J connectivity index is 2.05. The number of amides is 2. The highest BCUT2D eigenvalue weighted by molar-refractivity contribution is 7.00. The van der Waals surface area contributed by atoms with Gasteiger partial charge in [0.05, 0.1) is 11.7 Å². The van der Waals surface area contributed by atoms with Gasteiger partial charge < -0.3 is 10.2 Å². The molecule has 0 unspecified atom stereocenters. The fraction of sp³-hybridized carbons (Fsp3) is 0.462. The molecule has 102 valence electrons. The number of benzene rings is 1. The lowest BCUT2D eigenvalue weighted by molar-refractivity contribution is 0.197. The van der Waals surface area contributed by atoms with Gasteiger partial charge in [0.1, 0.15) is 11.0 Å². The number of rotatable bonds is 2. The third-order valence-electron chi connectivity index (χ3n) is 2.57. The molecule has 0 aliphatic carbocycles. The van der Waals surface area contributed by atoms with Crippen LogP contribution in [0.4, 0.5) is 4.79 Å². The summed E-state index contributed by atoms with van der Waals surface area (Å²) in [5, 5.41) is 2.93. The Hall–Kier alpha value is -1.69. The van der Waals surface area contributed by atoms with E-state index in [-0.39, 0.29) is 11.6 Å². The standard InChI is InChI=1S/C13H18N4OS/c1-13(2,3)14-12(18)17(4)8-9-5-6-10-11(7-9)16-19-15-10/h5-7H,8H2,1-4H3,(H,14,18). The second kappa shape index (κ2) is 5.13. The summed E-state index contributed by atoms with van der Waals surface area (Å²) in [7, 11) is 1.78. The lowest BCUT2D eigenvalue weighted by Crippen LogP contribution is -2.46. The van der Waals surface area contributed by atoms with Gasteiger partial charge in [-0.1, -0.05) is 6.07 Å². The van der Waals surface area contributed by atoms with Crippen LogP contribution in [-0.4, -0.2) is 32.3 Å². The van der Waals surface area contributed by atoms with Gasteiger partial charge in [-0.2, -0.15) is 8.75 Å². The third kappa shape index (κ3) is 3.64. The molecule has 0 aliphatic heterocycles. The van der Waals surface area contributed by atoms with Crippen LogP contribution in [0, 0.1) is 0 Å². The number of carbonyl (C=O) groups excluding carboxylic acids is 1. The Kier molecular flexibility index (Phi) is 3.71. The van der Waals surface area contributed by atoms with Crippen molar-refractivity contribution in [2.24, 2.45) is 0 Å². The topological polar surface area (TPSA) is 58.1 Å². The Bertz CT molecular complexity index is 588. The fourth-order valence-electron chi connectivity index (χ4n) is 1.69. The van der Waals surface area contributed by atoms with E-state index in [1.165, 1.54) is 11.7 Å². The second-order valence-electron chi connectivity index (χ2n) is 5.62. The zero-order valence-electron chi connectivity index (χ0n) is 11.6. The van der Waals surface area contributed by atoms with E-state index in [1.807, 2.05) is 39.0 Å². The van der Waals surface area contributed by atoms with Gasteiger partial charge in [0.2, 0.25) is 0 Å². The Morgan fingerprint density at radius 2 is 2.00 bits per heavy atom. The predicted octanol–water partition coefficient (Wildman–Crippen LogP) is 2.63. The third-order valence-corrected chi connectivity index (χ3v) is 3.12. The highest BCUT2D eigenvalue weighted by atomic mass is 32.1. The Labute approximate surface area is 117 Å². The van der Waals surface area contributed by atoms with Crippen molar-refractivity contribution in [1.82, 2.24) is 19.0 Å². The first-order chi connectivity index (χ1) is 8.85. The maximum atomic E-state index is 12.0. The molecule has 0 saturated carbocycles. The summed E-state index contributed by atoms with van der Waals surface area (Å²) in [5.74, 6) is 0. The minimum absolute atomic E-state index is 0.0796. The minimum Gasteiger partial charge on any atom is -0.333 e. The van der Waals surface area contributed by atoms with E-state index in [4.69, 9.17) is 0 Å². The highest BCUT2D eigenvalue weighted by Crippen LogP contribution is 2.14. The molecule has 1 heterocycles. The van der Waals surface area contributed by atoms with Crippen LogP contribution in [0.3, 0.4) is 0 Å². The lowest BCUT2D eigenvalue weighted by atomic mass is 10.1. The quantitative estimate of drug-likeness (QED) is 0.918. The molecular formula is C13H18N4OS. The lowest BCUT2D eigenvalue weighted by Gasteiger charge is -2.25. The number of fused-ring (bicyclic) bond motifs is 1. The zero-order chi connectivity index (χ0) is 14.0. The molecule has 1 aromatic carbocycles. The minimum atomic E-state index is -0.228. The van der Waals surface area contributed by atoms with Gasteiger partial charge in [-0.15, -0.1) is 0 Å². The van der Waals surface area contributed by atoms with E-state index in [9.17, 15) is 4.79 Å². The molecular weight excluding hydrogens is 260 g/mol. The molecule has 2 aromatic rings. The first-order valence-electron chi connectivity index (χ1n) is 6.10. The summed E-state index contributed by atoms with van der Waals surface area (Å²) in [6.07, 6.45) is 0. The van der Waals surface area contributed by atoms with Crippen molar-refractivity contribution in [2.45, 2.75) is 32.9 Å². The van der Waals surface area contributed by atoms with E-state index in [0.29, 0.717) is 6.54 Å². The Morgan fingerprint density at radius 3 is 2.68 bits per heavy atom. The summed E-state index contributed by atoms with van der Waals surface area (Å²) in [6, 6.07) is 5.80. The molecule has 0 atom stereocenters. The SMILES string of the molecule is CN(Cc1ccc2nsnc2c1)C(=O)NC(C)(C)C. The number of hydrogen-bond acceptors (Lipinski definition) is 4. The molecule has 0 bridgehead atoms. The number of nitrogens with one attached hydrogen (secondary N) is 1. The Morgan fingerprint density at radius 1 is 1.32 bits per heavy atom. The molecule has 19 heavy (non-hydrogen) atoms. The molecule has 0 aliphatic rings. The van der Waals surface area contributed by atoms with Gasteiger partial charge in [-0.25, -0.2) is 4.79 Å². The van der Waals surface area contributed by atoms with E-state index in [0.717, 1.165) is 16.6 Å². The molecule has 6 heteroatoms. The summed E-state index contributed by atoms with van der Waals surface area (Å²) in [5.41, 5.74) is 2.60. The van der Waals surface area contributed by atoms with Crippen molar-refractivity contribution < 1.29 is 4.79 Å². The van der Waals surface area contributed by atoms with Crippen LogP contribution in [0.25, 0.3) is 11.0 Å². The van der Waals surface area contributed by atoms with E-state index >= 15 is 0 Å². The summed E-state index contributed by atoms with van der Waals surface area (Å²) in [6.45, 7) is 6.44. The van der Waals surface area contributed by atoms with Crippen LogP contribution in [0.15, 0.2) is 18.2 Å². The monoisotopic (exact) mass is 278 g/mol. The van der Waals surface area contributed by atoms with E-state index < -0.39 is 0 Å². The van der Waals surface area contributed by atoms with Crippen LogP contribution in [0.1, 0.15) is 26.3 Å². The number of nitrogens with zero attached hydrogens (tertiary/aromatic N) is 3. The van der Waals surface area contributed by atoms with E-state index in [2.05, 4.69) is 14.1 Å². The van der Waals surface area contributed by atoms with Gasteiger partial charge in [0.25, 0.3) is 0 Å². The molecule has 1 N–H and O–H groups in total. The van der Waals surface area contributed by atoms with E-state index in [1.54, 1.807) is 11.9 Å². The summed E-state index contributed by atoms with van der Waals surface area (Å²) < 4.78 is 8.36. The summed E-state index contributed by atoms with van der Waals surface area (Å²) in [4.78, 5) is 13.6. The number of aromatic nitrogens is 2. The maximum Gasteiger partial charge on any atom is 0.317 e. The van der Waals surface area contributed by atoms with Gasteiger partial charge in [-0.3, -0.25) is 0 Å². The molecule has 0 radical (unpaired) electrons. The zero-order valence-corrected chi connectivity index (χ0v) is 12.4. The van der Waals surface area contributed by atoms with Gasteiger partial charge in [0, 0.05) is 19.1 Å². The number of carbonyl (C=O) groups is 1. The van der Waals surface area contributed by atoms with Crippen molar-refractivity contribution in [1.29, 1.82) is 0 Å².